The average Bonchev–Trinajstić information content (AvgIpc) is 3.35. The summed E-state index contributed by atoms with van der Waals surface area (Å²) in [5, 5.41) is 19.8. The predicted molar refractivity (Wildman–Crippen MR) is 113 cm³/mol. The number of thiophene rings is 1. The molecule has 0 N–H and O–H groups in total. The van der Waals surface area contributed by atoms with E-state index in [1.54, 1.807) is 11.3 Å². The van der Waals surface area contributed by atoms with E-state index in [2.05, 4.69) is 12.1 Å². The van der Waals surface area contributed by atoms with Gasteiger partial charge in [0.25, 0.3) is 5.56 Å². The third kappa shape index (κ3) is 3.71. The molecule has 2 aliphatic rings. The van der Waals surface area contributed by atoms with Crippen LogP contribution in [0.3, 0.4) is 0 Å². The Labute approximate surface area is 173 Å². The average molecular weight is 413 g/mol. The van der Waals surface area contributed by atoms with Gasteiger partial charge in [-0.05, 0) is 50.5 Å². The Kier molecular flexibility index (Phi) is 6.04. The van der Waals surface area contributed by atoms with Crippen molar-refractivity contribution in [2.75, 3.05) is 5.75 Å². The van der Waals surface area contributed by atoms with Gasteiger partial charge in [0.1, 0.15) is 4.83 Å². The molecule has 2 heterocycles. The maximum atomic E-state index is 13.6. The molecule has 0 aliphatic heterocycles. The van der Waals surface area contributed by atoms with E-state index in [9.17, 15) is 10.1 Å². The molecule has 2 aromatic heterocycles. The number of nitrogens with zero attached hydrogens (tertiary/aromatic N) is 4. The van der Waals surface area contributed by atoms with E-state index in [0.29, 0.717) is 18.6 Å². The number of hydrogen-bond donors (Lipinski definition) is 0. The van der Waals surface area contributed by atoms with Gasteiger partial charge < -0.3 is 0 Å². The standard InChI is InChI=1S/C21H24N4OS2/c22-11-5-6-14(12-23)13-27-21-24-19-18(16-9-3-4-10-17(16)28-19)20(26)25(21)15-7-1-2-8-15/h14-15H,1-10,13H2/t14-/m1/s1. The molecular formula is C21H24N4OS2. The lowest BCUT2D eigenvalue weighted by atomic mass is 9.97. The van der Waals surface area contributed by atoms with Gasteiger partial charge in [-0.3, -0.25) is 9.36 Å². The van der Waals surface area contributed by atoms with Crippen LogP contribution < -0.4 is 5.56 Å². The Bertz CT molecular complexity index is 1000. The van der Waals surface area contributed by atoms with E-state index in [1.165, 1.54) is 28.6 Å². The van der Waals surface area contributed by atoms with Crippen LogP contribution in [0.25, 0.3) is 10.2 Å². The SMILES string of the molecule is N#CCC[C@H](C#N)CSc1nc2sc3c(c2c(=O)n1C1CCCC1)CCCC3. The molecule has 4 rings (SSSR count). The first-order valence-electron chi connectivity index (χ1n) is 10.2. The van der Waals surface area contributed by atoms with Crippen molar-refractivity contribution >= 4 is 33.3 Å². The highest BCUT2D eigenvalue weighted by Crippen LogP contribution is 2.37. The highest BCUT2D eigenvalue weighted by Gasteiger charge is 2.27. The number of aryl methyl sites for hydroxylation is 2. The van der Waals surface area contributed by atoms with E-state index in [4.69, 9.17) is 10.2 Å². The highest BCUT2D eigenvalue weighted by atomic mass is 32.2. The lowest BCUT2D eigenvalue weighted by Crippen LogP contribution is -2.27. The molecule has 28 heavy (non-hydrogen) atoms. The molecule has 0 spiro atoms. The molecule has 0 unspecified atom stereocenters. The van der Waals surface area contributed by atoms with E-state index in [1.807, 2.05) is 4.57 Å². The van der Waals surface area contributed by atoms with E-state index in [-0.39, 0.29) is 17.5 Å². The zero-order valence-corrected chi connectivity index (χ0v) is 17.6. The van der Waals surface area contributed by atoms with E-state index < -0.39 is 0 Å². The van der Waals surface area contributed by atoms with Crippen molar-refractivity contribution < 1.29 is 0 Å². The van der Waals surface area contributed by atoms with Crippen molar-refractivity contribution in [2.45, 2.75) is 75.4 Å². The smallest absolute Gasteiger partial charge is 0.263 e. The molecule has 0 bridgehead atoms. The second-order valence-corrected chi connectivity index (χ2v) is 9.80. The Balaban J connectivity index is 1.74. The molecule has 1 fully saturated rings. The zero-order chi connectivity index (χ0) is 19.5. The minimum Gasteiger partial charge on any atom is -0.284 e. The summed E-state index contributed by atoms with van der Waals surface area (Å²) in [5.74, 6) is 0.388. The molecule has 1 saturated carbocycles. The third-order valence-corrected chi connectivity index (χ3v) is 8.18. The highest BCUT2D eigenvalue weighted by molar-refractivity contribution is 7.99. The van der Waals surface area contributed by atoms with Crippen molar-refractivity contribution in [2.24, 2.45) is 5.92 Å². The second-order valence-electron chi connectivity index (χ2n) is 7.73. The summed E-state index contributed by atoms with van der Waals surface area (Å²) in [4.78, 5) is 20.7. The monoisotopic (exact) mass is 412 g/mol. The molecule has 2 aromatic rings. The normalized spacial score (nSPS) is 17.9. The second kappa shape index (κ2) is 8.68. The molecule has 1 atom stereocenters. The van der Waals surface area contributed by atoms with Gasteiger partial charge in [-0.25, -0.2) is 4.98 Å². The van der Waals surface area contributed by atoms with Crippen LogP contribution in [0.2, 0.25) is 0 Å². The largest absolute Gasteiger partial charge is 0.284 e. The molecule has 0 aromatic carbocycles. The number of hydrogen-bond acceptors (Lipinski definition) is 6. The summed E-state index contributed by atoms with van der Waals surface area (Å²) >= 11 is 3.21. The number of thioether (sulfide) groups is 1. The minimum atomic E-state index is -0.189. The van der Waals surface area contributed by atoms with Gasteiger partial charge in [0.05, 0.1) is 23.4 Å². The van der Waals surface area contributed by atoms with Crippen molar-refractivity contribution in [3.63, 3.8) is 0 Å². The Morgan fingerprint density at radius 2 is 2.00 bits per heavy atom. The lowest BCUT2D eigenvalue weighted by molar-refractivity contribution is 0.457. The maximum Gasteiger partial charge on any atom is 0.263 e. The fraction of sp³-hybridized carbons (Fsp3) is 0.619. The molecule has 5 nitrogen and oxygen atoms in total. The van der Waals surface area contributed by atoms with Crippen molar-refractivity contribution in [1.29, 1.82) is 10.5 Å². The molecule has 0 amide bonds. The molecule has 7 heteroatoms. The summed E-state index contributed by atoms with van der Waals surface area (Å²) in [6.07, 6.45) is 9.74. The number of fused-ring (bicyclic) bond motifs is 3. The first kappa shape index (κ1) is 19.5. The van der Waals surface area contributed by atoms with Gasteiger partial charge in [0.2, 0.25) is 0 Å². The van der Waals surface area contributed by atoms with Crippen LogP contribution in [0.15, 0.2) is 9.95 Å². The topological polar surface area (TPSA) is 82.5 Å². The number of rotatable bonds is 6. The first-order chi connectivity index (χ1) is 13.7. The Hall–Kier alpha value is -1.83. The summed E-state index contributed by atoms with van der Waals surface area (Å²) in [6.45, 7) is 0. The van der Waals surface area contributed by atoms with E-state index in [0.717, 1.165) is 60.3 Å². The third-order valence-electron chi connectivity index (χ3n) is 5.88. The lowest BCUT2D eigenvalue weighted by Gasteiger charge is -2.19. The van der Waals surface area contributed by atoms with Gasteiger partial charge in [0, 0.05) is 23.1 Å². The fourth-order valence-electron chi connectivity index (χ4n) is 4.38. The number of aromatic nitrogens is 2. The van der Waals surface area contributed by atoms with E-state index >= 15 is 0 Å². The summed E-state index contributed by atoms with van der Waals surface area (Å²) in [7, 11) is 0. The quantitative estimate of drug-likeness (QED) is 0.493. The van der Waals surface area contributed by atoms with Gasteiger partial charge in [-0.1, -0.05) is 24.6 Å². The van der Waals surface area contributed by atoms with Crippen LogP contribution >= 0.6 is 23.1 Å². The summed E-state index contributed by atoms with van der Waals surface area (Å²) < 4.78 is 1.94. The summed E-state index contributed by atoms with van der Waals surface area (Å²) in [5.41, 5.74) is 1.38. The van der Waals surface area contributed by atoms with Gasteiger partial charge in [-0.15, -0.1) is 11.3 Å². The maximum absolute atomic E-state index is 13.6. The van der Waals surface area contributed by atoms with Crippen molar-refractivity contribution in [1.82, 2.24) is 9.55 Å². The Morgan fingerprint density at radius 3 is 2.75 bits per heavy atom. The fourth-order valence-corrected chi connectivity index (χ4v) is 6.81. The van der Waals surface area contributed by atoms with Crippen LogP contribution in [-0.4, -0.2) is 15.3 Å². The van der Waals surface area contributed by atoms with Gasteiger partial charge >= 0.3 is 0 Å². The van der Waals surface area contributed by atoms with Gasteiger partial charge in [-0.2, -0.15) is 10.5 Å². The molecular weight excluding hydrogens is 388 g/mol. The van der Waals surface area contributed by atoms with Crippen LogP contribution in [0.5, 0.6) is 0 Å². The number of nitriles is 2. The van der Waals surface area contributed by atoms with Crippen LogP contribution in [0, 0.1) is 28.6 Å². The van der Waals surface area contributed by atoms with Crippen LogP contribution in [0.1, 0.15) is 67.8 Å². The predicted octanol–water partition coefficient (Wildman–Crippen LogP) is 4.99. The molecule has 0 saturated heterocycles. The Morgan fingerprint density at radius 1 is 1.21 bits per heavy atom. The van der Waals surface area contributed by atoms with Crippen molar-refractivity contribution in [3.05, 3.63) is 20.8 Å². The van der Waals surface area contributed by atoms with Crippen molar-refractivity contribution in [3.8, 4) is 12.1 Å². The molecule has 0 radical (unpaired) electrons. The van der Waals surface area contributed by atoms with Crippen LogP contribution in [-0.2, 0) is 12.8 Å². The summed E-state index contributed by atoms with van der Waals surface area (Å²) in [6, 6.07) is 4.65. The van der Waals surface area contributed by atoms with Gasteiger partial charge in [0.15, 0.2) is 5.16 Å². The minimum absolute atomic E-state index is 0.129. The van der Waals surface area contributed by atoms with Crippen LogP contribution in [0.4, 0.5) is 0 Å². The molecule has 146 valence electrons. The molecule has 2 aliphatic carbocycles. The zero-order valence-electron chi connectivity index (χ0n) is 15.9. The first-order valence-corrected chi connectivity index (χ1v) is 12.0.